The SMILES string of the molecule is CC[C@@H](C(=O)NC1CCCC1)N(Cc1ccc(Cl)cc1Cl)C(=O)CN(c1ccc(Cl)cc1)S(=O)(=O)c1ccc(OC)c(OC)c1. The molecule has 3 aromatic rings. The Morgan fingerprint density at radius 2 is 1.56 bits per heavy atom. The minimum absolute atomic E-state index is 0.0265. The van der Waals surface area contributed by atoms with Crippen molar-refractivity contribution >= 4 is 62.3 Å². The fraction of sp³-hybridized carbons (Fsp3) is 0.375. The lowest BCUT2D eigenvalue weighted by molar-refractivity contribution is -0.140. The van der Waals surface area contributed by atoms with Gasteiger partial charge in [0.05, 0.1) is 24.8 Å². The highest BCUT2D eigenvalue weighted by Gasteiger charge is 2.35. The van der Waals surface area contributed by atoms with Crippen molar-refractivity contribution < 1.29 is 27.5 Å². The molecule has 4 rings (SSSR count). The number of sulfonamides is 1. The monoisotopic (exact) mass is 695 g/mol. The van der Waals surface area contributed by atoms with Crippen LogP contribution < -0.4 is 19.1 Å². The van der Waals surface area contributed by atoms with Crippen LogP contribution in [0.25, 0.3) is 0 Å². The van der Waals surface area contributed by atoms with Crippen molar-refractivity contribution in [2.45, 2.75) is 62.6 Å². The number of nitrogens with one attached hydrogen (secondary N) is 1. The Hall–Kier alpha value is -3.18. The molecule has 2 amide bonds. The topological polar surface area (TPSA) is 105 Å². The molecule has 1 aliphatic rings. The van der Waals surface area contributed by atoms with Crippen LogP contribution in [0.4, 0.5) is 5.69 Å². The minimum Gasteiger partial charge on any atom is -0.493 e. The first-order chi connectivity index (χ1) is 21.5. The summed E-state index contributed by atoms with van der Waals surface area (Å²) in [6.45, 7) is 1.15. The molecule has 1 atom stereocenters. The lowest BCUT2D eigenvalue weighted by Crippen LogP contribution is -2.53. The van der Waals surface area contributed by atoms with E-state index in [-0.39, 0.29) is 34.8 Å². The van der Waals surface area contributed by atoms with E-state index >= 15 is 0 Å². The van der Waals surface area contributed by atoms with Gasteiger partial charge in [-0.2, -0.15) is 0 Å². The van der Waals surface area contributed by atoms with Crippen LogP contribution in [0.15, 0.2) is 65.6 Å². The third kappa shape index (κ3) is 8.35. The molecule has 0 aliphatic heterocycles. The number of ether oxygens (including phenoxy) is 2. The largest absolute Gasteiger partial charge is 0.493 e. The molecule has 1 N–H and O–H groups in total. The molecule has 242 valence electrons. The van der Waals surface area contributed by atoms with Gasteiger partial charge >= 0.3 is 0 Å². The van der Waals surface area contributed by atoms with E-state index in [9.17, 15) is 18.0 Å². The van der Waals surface area contributed by atoms with E-state index < -0.39 is 28.5 Å². The number of rotatable bonds is 13. The first-order valence-corrected chi connectivity index (χ1v) is 17.1. The first-order valence-electron chi connectivity index (χ1n) is 14.5. The Morgan fingerprint density at radius 1 is 0.911 bits per heavy atom. The van der Waals surface area contributed by atoms with Crippen molar-refractivity contribution in [2.24, 2.45) is 0 Å². The number of carbonyl (C=O) groups is 2. The highest BCUT2D eigenvalue weighted by molar-refractivity contribution is 7.92. The van der Waals surface area contributed by atoms with Crippen molar-refractivity contribution in [1.29, 1.82) is 0 Å². The van der Waals surface area contributed by atoms with Gasteiger partial charge in [0.15, 0.2) is 11.5 Å². The minimum atomic E-state index is -4.35. The number of anilines is 1. The highest BCUT2D eigenvalue weighted by Crippen LogP contribution is 2.33. The molecule has 0 bridgehead atoms. The fourth-order valence-electron chi connectivity index (χ4n) is 5.36. The van der Waals surface area contributed by atoms with Crippen molar-refractivity contribution in [1.82, 2.24) is 10.2 Å². The Morgan fingerprint density at radius 3 is 2.16 bits per heavy atom. The zero-order valence-electron chi connectivity index (χ0n) is 25.3. The van der Waals surface area contributed by atoms with Crippen LogP contribution in [-0.2, 0) is 26.2 Å². The zero-order chi connectivity index (χ0) is 32.7. The quantitative estimate of drug-likeness (QED) is 0.213. The number of benzene rings is 3. The number of halogens is 3. The average Bonchev–Trinajstić information content (AvgIpc) is 3.53. The normalized spacial score (nSPS) is 14.1. The smallest absolute Gasteiger partial charge is 0.264 e. The summed E-state index contributed by atoms with van der Waals surface area (Å²) in [4.78, 5) is 29.2. The van der Waals surface area contributed by atoms with E-state index in [2.05, 4.69) is 5.32 Å². The number of nitrogens with zero attached hydrogens (tertiary/aromatic N) is 2. The molecule has 9 nitrogen and oxygen atoms in total. The molecular formula is C32H36Cl3N3O6S. The highest BCUT2D eigenvalue weighted by atomic mass is 35.5. The summed E-state index contributed by atoms with van der Waals surface area (Å²) < 4.78 is 40.0. The summed E-state index contributed by atoms with van der Waals surface area (Å²) in [6, 6.07) is 14.3. The Balaban J connectivity index is 1.76. The van der Waals surface area contributed by atoms with E-state index in [1.54, 1.807) is 25.1 Å². The summed E-state index contributed by atoms with van der Waals surface area (Å²) >= 11 is 18.7. The second-order valence-corrected chi connectivity index (χ2v) is 13.8. The van der Waals surface area contributed by atoms with Crippen molar-refractivity contribution in [3.63, 3.8) is 0 Å². The summed E-state index contributed by atoms with van der Waals surface area (Å²) in [5.74, 6) is -0.359. The molecule has 0 unspecified atom stereocenters. The maximum absolute atomic E-state index is 14.3. The van der Waals surface area contributed by atoms with Crippen LogP contribution in [0, 0.1) is 0 Å². The second-order valence-electron chi connectivity index (χ2n) is 10.7. The molecule has 0 saturated heterocycles. The predicted molar refractivity (Wildman–Crippen MR) is 177 cm³/mol. The fourth-order valence-corrected chi connectivity index (χ4v) is 7.39. The average molecular weight is 697 g/mol. The van der Waals surface area contributed by atoms with Gasteiger partial charge in [-0.05, 0) is 73.4 Å². The standard InChI is InChI=1S/C32H36Cl3N3O6S/c1-4-28(32(40)36-24-7-5-6-8-24)37(19-21-9-10-23(34)17-27(21)35)31(39)20-38(25-13-11-22(33)12-14-25)45(41,42)26-15-16-29(43-2)30(18-26)44-3/h9-18,24,28H,4-8,19-20H2,1-3H3,(H,36,40)/t28-/m0/s1. The van der Waals surface area contributed by atoms with Gasteiger partial charge in [0.1, 0.15) is 12.6 Å². The predicted octanol–water partition coefficient (Wildman–Crippen LogP) is 6.73. The Kier molecular flexibility index (Phi) is 11.9. The molecule has 1 fully saturated rings. The lowest BCUT2D eigenvalue weighted by atomic mass is 10.1. The zero-order valence-corrected chi connectivity index (χ0v) is 28.3. The Labute approximate surface area is 279 Å². The molecule has 0 aromatic heterocycles. The molecule has 45 heavy (non-hydrogen) atoms. The molecule has 1 saturated carbocycles. The van der Waals surface area contributed by atoms with Crippen molar-refractivity contribution in [3.8, 4) is 11.5 Å². The number of hydrogen-bond acceptors (Lipinski definition) is 6. The van der Waals surface area contributed by atoms with E-state index in [1.807, 2.05) is 0 Å². The van der Waals surface area contributed by atoms with Crippen LogP contribution in [0.2, 0.25) is 15.1 Å². The van der Waals surface area contributed by atoms with Gasteiger partial charge in [-0.3, -0.25) is 13.9 Å². The van der Waals surface area contributed by atoms with Gasteiger partial charge in [-0.25, -0.2) is 8.42 Å². The van der Waals surface area contributed by atoms with Crippen LogP contribution in [0.5, 0.6) is 11.5 Å². The summed E-state index contributed by atoms with van der Waals surface area (Å²) in [6.07, 6.45) is 4.07. The molecule has 1 aliphatic carbocycles. The summed E-state index contributed by atoms with van der Waals surface area (Å²) in [5.41, 5.74) is 0.762. The number of amides is 2. The molecule has 13 heteroatoms. The van der Waals surface area contributed by atoms with E-state index in [0.717, 1.165) is 30.0 Å². The third-order valence-electron chi connectivity index (χ3n) is 7.78. The van der Waals surface area contributed by atoms with Gasteiger partial charge in [0.2, 0.25) is 11.8 Å². The summed E-state index contributed by atoms with van der Waals surface area (Å²) in [5, 5.41) is 4.21. The number of methoxy groups -OCH3 is 2. The maximum Gasteiger partial charge on any atom is 0.264 e. The van der Waals surface area contributed by atoms with Crippen LogP contribution in [-0.4, -0.2) is 58.0 Å². The van der Waals surface area contributed by atoms with Gasteiger partial charge < -0.3 is 19.7 Å². The van der Waals surface area contributed by atoms with Crippen molar-refractivity contribution in [2.75, 3.05) is 25.1 Å². The molecule has 3 aromatic carbocycles. The maximum atomic E-state index is 14.3. The number of hydrogen-bond donors (Lipinski definition) is 1. The van der Waals surface area contributed by atoms with Crippen LogP contribution in [0.3, 0.4) is 0 Å². The molecule has 0 radical (unpaired) electrons. The van der Waals surface area contributed by atoms with E-state index in [0.29, 0.717) is 32.8 Å². The molecule has 0 heterocycles. The third-order valence-corrected chi connectivity index (χ3v) is 10.4. The van der Waals surface area contributed by atoms with Crippen molar-refractivity contribution in [3.05, 3.63) is 81.3 Å². The molecular weight excluding hydrogens is 661 g/mol. The van der Waals surface area contributed by atoms with Gasteiger partial charge in [0, 0.05) is 33.7 Å². The summed E-state index contributed by atoms with van der Waals surface area (Å²) in [7, 11) is -1.51. The lowest BCUT2D eigenvalue weighted by Gasteiger charge is -2.34. The Bertz CT molecular complexity index is 1610. The van der Waals surface area contributed by atoms with Crippen LogP contribution in [0.1, 0.15) is 44.6 Å². The van der Waals surface area contributed by atoms with E-state index in [4.69, 9.17) is 44.3 Å². The van der Waals surface area contributed by atoms with Gasteiger partial charge in [0.25, 0.3) is 10.0 Å². The molecule has 0 spiro atoms. The van der Waals surface area contributed by atoms with Gasteiger partial charge in [-0.1, -0.05) is 60.6 Å². The van der Waals surface area contributed by atoms with Gasteiger partial charge in [-0.15, -0.1) is 0 Å². The van der Waals surface area contributed by atoms with E-state index in [1.165, 1.54) is 61.6 Å². The first kappa shape index (κ1) is 34.7. The number of carbonyl (C=O) groups excluding carboxylic acids is 2. The second kappa shape index (κ2) is 15.4. The van der Waals surface area contributed by atoms with Crippen LogP contribution >= 0.6 is 34.8 Å².